The van der Waals surface area contributed by atoms with Crippen molar-refractivity contribution in [3.05, 3.63) is 35.2 Å². The van der Waals surface area contributed by atoms with Gasteiger partial charge in [0.05, 0.1) is 18.8 Å². The molecule has 1 saturated heterocycles. The van der Waals surface area contributed by atoms with Crippen molar-refractivity contribution in [2.24, 2.45) is 0 Å². The average Bonchev–Trinajstić information content (AvgIpc) is 2.90. The zero-order valence-electron chi connectivity index (χ0n) is 10.5. The highest BCUT2D eigenvalue weighted by Crippen LogP contribution is 2.25. The van der Waals surface area contributed by atoms with Crippen LogP contribution in [0, 0.1) is 0 Å². The molecule has 0 aliphatic carbocycles. The molecule has 5 heteroatoms. The van der Waals surface area contributed by atoms with E-state index in [2.05, 4.69) is 10.6 Å². The summed E-state index contributed by atoms with van der Waals surface area (Å²) in [7, 11) is 0. The molecule has 0 radical (unpaired) electrons. The van der Waals surface area contributed by atoms with Crippen LogP contribution >= 0.6 is 11.3 Å². The lowest BCUT2D eigenvalue weighted by Crippen LogP contribution is -2.48. The van der Waals surface area contributed by atoms with Crippen LogP contribution in [0.1, 0.15) is 10.4 Å². The Kier molecular flexibility index (Phi) is 3.77. The third kappa shape index (κ3) is 2.78. The molecule has 1 atom stereocenters. The van der Waals surface area contributed by atoms with Gasteiger partial charge in [0, 0.05) is 34.6 Å². The smallest absolute Gasteiger partial charge is 0.252 e. The third-order valence-corrected chi connectivity index (χ3v) is 4.20. The fourth-order valence-electron chi connectivity index (χ4n) is 2.22. The van der Waals surface area contributed by atoms with E-state index >= 15 is 0 Å². The lowest BCUT2D eigenvalue weighted by Gasteiger charge is -2.23. The summed E-state index contributed by atoms with van der Waals surface area (Å²) in [6.45, 7) is 2.86. The highest BCUT2D eigenvalue weighted by atomic mass is 32.1. The van der Waals surface area contributed by atoms with Crippen molar-refractivity contribution in [1.29, 1.82) is 0 Å². The second kappa shape index (κ2) is 5.69. The van der Waals surface area contributed by atoms with E-state index in [-0.39, 0.29) is 11.9 Å². The standard InChI is InChI=1S/C14H16N2O2S/c17-14(16-7-10-8-18-6-5-15-10)12-9-19-13-4-2-1-3-11(12)13/h1-4,9-10,15H,5-8H2,(H,16,17). The molecule has 4 nitrogen and oxygen atoms in total. The highest BCUT2D eigenvalue weighted by Gasteiger charge is 2.16. The molecule has 1 fully saturated rings. The maximum atomic E-state index is 12.2. The summed E-state index contributed by atoms with van der Waals surface area (Å²) in [5.41, 5.74) is 0.761. The van der Waals surface area contributed by atoms with E-state index in [4.69, 9.17) is 4.74 Å². The van der Waals surface area contributed by atoms with Crippen LogP contribution in [-0.4, -0.2) is 38.3 Å². The molecule has 19 heavy (non-hydrogen) atoms. The highest BCUT2D eigenvalue weighted by molar-refractivity contribution is 7.17. The zero-order chi connectivity index (χ0) is 13.1. The van der Waals surface area contributed by atoms with Crippen LogP contribution in [-0.2, 0) is 4.74 Å². The summed E-state index contributed by atoms with van der Waals surface area (Å²) in [6, 6.07) is 8.19. The first-order valence-corrected chi connectivity index (χ1v) is 7.28. The first-order valence-electron chi connectivity index (χ1n) is 6.40. The molecule has 1 aliphatic heterocycles. The van der Waals surface area contributed by atoms with Crippen LogP contribution in [0.5, 0.6) is 0 Å². The second-order valence-electron chi connectivity index (χ2n) is 4.58. The van der Waals surface area contributed by atoms with Crippen molar-refractivity contribution < 1.29 is 9.53 Å². The summed E-state index contributed by atoms with van der Waals surface area (Å²) in [5.74, 6) is -0.00942. The van der Waals surface area contributed by atoms with Crippen molar-refractivity contribution >= 4 is 27.3 Å². The number of carbonyl (C=O) groups excluding carboxylic acids is 1. The second-order valence-corrected chi connectivity index (χ2v) is 5.49. The fraction of sp³-hybridized carbons (Fsp3) is 0.357. The predicted molar refractivity (Wildman–Crippen MR) is 76.8 cm³/mol. The van der Waals surface area contributed by atoms with Crippen molar-refractivity contribution in [2.45, 2.75) is 6.04 Å². The molecule has 1 aromatic heterocycles. The largest absolute Gasteiger partial charge is 0.378 e. The van der Waals surface area contributed by atoms with Crippen LogP contribution in [0.25, 0.3) is 10.1 Å². The van der Waals surface area contributed by atoms with Gasteiger partial charge in [-0.25, -0.2) is 0 Å². The van der Waals surface area contributed by atoms with Gasteiger partial charge in [0.1, 0.15) is 0 Å². The van der Waals surface area contributed by atoms with Crippen molar-refractivity contribution in [3.63, 3.8) is 0 Å². The monoisotopic (exact) mass is 276 g/mol. The summed E-state index contributed by atoms with van der Waals surface area (Å²) in [5, 5.41) is 9.24. The first-order chi connectivity index (χ1) is 9.34. The van der Waals surface area contributed by atoms with Crippen molar-refractivity contribution in [3.8, 4) is 0 Å². The van der Waals surface area contributed by atoms with E-state index < -0.39 is 0 Å². The maximum absolute atomic E-state index is 12.2. The number of rotatable bonds is 3. The van der Waals surface area contributed by atoms with Crippen LogP contribution in [0.4, 0.5) is 0 Å². The van der Waals surface area contributed by atoms with Gasteiger partial charge in [-0.1, -0.05) is 18.2 Å². The third-order valence-electron chi connectivity index (χ3n) is 3.23. The van der Waals surface area contributed by atoms with Crippen LogP contribution in [0.3, 0.4) is 0 Å². The topological polar surface area (TPSA) is 50.4 Å². The molecule has 2 N–H and O–H groups in total. The fourth-order valence-corrected chi connectivity index (χ4v) is 3.16. The maximum Gasteiger partial charge on any atom is 0.252 e. The van der Waals surface area contributed by atoms with E-state index in [0.717, 1.165) is 28.8 Å². The lowest BCUT2D eigenvalue weighted by molar-refractivity contribution is 0.0735. The number of nitrogens with one attached hydrogen (secondary N) is 2. The number of carbonyl (C=O) groups is 1. The number of benzene rings is 1. The van der Waals surface area contributed by atoms with E-state index in [9.17, 15) is 4.79 Å². The van der Waals surface area contributed by atoms with Crippen LogP contribution in [0.2, 0.25) is 0 Å². The summed E-state index contributed by atoms with van der Waals surface area (Å²) >= 11 is 1.60. The number of hydrogen-bond donors (Lipinski definition) is 2. The zero-order valence-corrected chi connectivity index (χ0v) is 11.3. The molecule has 0 spiro atoms. The molecule has 3 rings (SSSR count). The quantitative estimate of drug-likeness (QED) is 0.895. The molecule has 100 valence electrons. The van der Waals surface area contributed by atoms with E-state index in [1.807, 2.05) is 29.6 Å². The van der Waals surface area contributed by atoms with Gasteiger partial charge in [0.25, 0.3) is 5.91 Å². The predicted octanol–water partition coefficient (Wildman–Crippen LogP) is 1.62. The number of amides is 1. The molecule has 1 aromatic carbocycles. The van der Waals surface area contributed by atoms with E-state index in [0.29, 0.717) is 13.2 Å². The molecule has 2 heterocycles. The molecule has 0 bridgehead atoms. The number of ether oxygens (including phenoxy) is 1. The Morgan fingerprint density at radius 2 is 2.37 bits per heavy atom. The van der Waals surface area contributed by atoms with Gasteiger partial charge in [-0.15, -0.1) is 11.3 Å². The van der Waals surface area contributed by atoms with Gasteiger partial charge in [0.15, 0.2) is 0 Å². The van der Waals surface area contributed by atoms with Gasteiger partial charge < -0.3 is 15.4 Å². The molecule has 2 aromatic rings. The number of morpholine rings is 1. The van der Waals surface area contributed by atoms with Crippen LogP contribution in [0.15, 0.2) is 29.6 Å². The molecular weight excluding hydrogens is 260 g/mol. The van der Waals surface area contributed by atoms with Gasteiger partial charge in [-0.3, -0.25) is 4.79 Å². The normalized spacial score (nSPS) is 19.5. The van der Waals surface area contributed by atoms with Gasteiger partial charge in [0.2, 0.25) is 0 Å². The minimum Gasteiger partial charge on any atom is -0.378 e. The van der Waals surface area contributed by atoms with Crippen LogP contribution < -0.4 is 10.6 Å². The molecule has 0 saturated carbocycles. The average molecular weight is 276 g/mol. The molecule has 1 unspecified atom stereocenters. The Hall–Kier alpha value is -1.43. The Balaban J connectivity index is 1.66. The Bertz CT molecular complexity index is 576. The van der Waals surface area contributed by atoms with Gasteiger partial charge in [-0.05, 0) is 6.07 Å². The number of fused-ring (bicyclic) bond motifs is 1. The number of hydrogen-bond acceptors (Lipinski definition) is 4. The molecule has 1 aliphatic rings. The summed E-state index contributed by atoms with van der Waals surface area (Å²) < 4.78 is 6.51. The summed E-state index contributed by atoms with van der Waals surface area (Å²) in [6.07, 6.45) is 0. The summed E-state index contributed by atoms with van der Waals surface area (Å²) in [4.78, 5) is 12.2. The Labute approximate surface area is 115 Å². The first kappa shape index (κ1) is 12.6. The minimum absolute atomic E-state index is 0.00942. The van der Waals surface area contributed by atoms with Gasteiger partial charge >= 0.3 is 0 Å². The van der Waals surface area contributed by atoms with Gasteiger partial charge in [-0.2, -0.15) is 0 Å². The molecular formula is C14H16N2O2S. The van der Waals surface area contributed by atoms with E-state index in [1.165, 1.54) is 0 Å². The number of thiophene rings is 1. The van der Waals surface area contributed by atoms with Crippen molar-refractivity contribution in [1.82, 2.24) is 10.6 Å². The van der Waals surface area contributed by atoms with E-state index in [1.54, 1.807) is 11.3 Å². The minimum atomic E-state index is -0.00942. The SMILES string of the molecule is O=C(NCC1COCCN1)c1csc2ccccc12. The molecule has 1 amide bonds. The Morgan fingerprint density at radius 1 is 1.47 bits per heavy atom. The lowest BCUT2D eigenvalue weighted by atomic mass is 10.1. The van der Waals surface area contributed by atoms with Crippen molar-refractivity contribution in [2.75, 3.05) is 26.3 Å². The Morgan fingerprint density at radius 3 is 3.21 bits per heavy atom.